The lowest BCUT2D eigenvalue weighted by Crippen LogP contribution is -2.40. The van der Waals surface area contributed by atoms with Crippen molar-refractivity contribution < 1.29 is 13.9 Å². The molecule has 0 spiro atoms. The zero-order valence-corrected chi connectivity index (χ0v) is 10.00. The van der Waals surface area contributed by atoms with E-state index in [0.29, 0.717) is 23.5 Å². The fourth-order valence-corrected chi connectivity index (χ4v) is 1.95. The average molecular weight is 240 g/mol. The van der Waals surface area contributed by atoms with Gasteiger partial charge >= 0.3 is 0 Å². The Kier molecular flexibility index (Phi) is 3.38. The molecular weight excluding hydrogens is 223 g/mol. The lowest BCUT2D eigenvalue weighted by Gasteiger charge is -2.35. The maximum absolute atomic E-state index is 13.3. The number of rotatable bonds is 4. The highest BCUT2D eigenvalue weighted by Crippen LogP contribution is 2.32. The van der Waals surface area contributed by atoms with Crippen molar-refractivity contribution in [1.29, 1.82) is 0 Å². The molecule has 2 rings (SSSR count). The molecular formula is C12H17FN2O2. The highest BCUT2D eigenvalue weighted by atomic mass is 19.1. The lowest BCUT2D eigenvalue weighted by molar-refractivity contribution is 0.0329. The molecule has 0 atom stereocenters. The first-order chi connectivity index (χ1) is 8.13. The van der Waals surface area contributed by atoms with Crippen LogP contribution in [0.4, 0.5) is 15.8 Å². The van der Waals surface area contributed by atoms with Crippen molar-refractivity contribution >= 4 is 11.4 Å². The Morgan fingerprint density at radius 2 is 2.06 bits per heavy atom. The largest absolute Gasteiger partial charge is 0.494 e. The van der Waals surface area contributed by atoms with Gasteiger partial charge in [0, 0.05) is 25.3 Å². The van der Waals surface area contributed by atoms with E-state index in [4.69, 9.17) is 15.2 Å². The predicted molar refractivity (Wildman–Crippen MR) is 64.8 cm³/mol. The summed E-state index contributed by atoms with van der Waals surface area (Å²) in [5, 5.41) is 3.26. The van der Waals surface area contributed by atoms with E-state index in [1.54, 1.807) is 13.2 Å². The van der Waals surface area contributed by atoms with E-state index in [1.165, 1.54) is 13.2 Å². The van der Waals surface area contributed by atoms with Gasteiger partial charge in [-0.2, -0.15) is 0 Å². The second-order valence-corrected chi connectivity index (χ2v) is 4.24. The zero-order chi connectivity index (χ0) is 12.4. The molecule has 0 radical (unpaired) electrons. The van der Waals surface area contributed by atoms with Crippen LogP contribution in [0.1, 0.15) is 12.8 Å². The van der Waals surface area contributed by atoms with E-state index in [-0.39, 0.29) is 5.75 Å². The molecule has 1 aliphatic rings. The summed E-state index contributed by atoms with van der Waals surface area (Å²) in [6.07, 6.45) is 2.20. The lowest BCUT2D eigenvalue weighted by atomic mass is 9.89. The number of methoxy groups -OCH3 is 2. The van der Waals surface area contributed by atoms with Crippen molar-refractivity contribution in [1.82, 2.24) is 0 Å². The number of nitrogen functional groups attached to an aromatic ring is 1. The minimum atomic E-state index is -0.445. The van der Waals surface area contributed by atoms with Gasteiger partial charge < -0.3 is 20.5 Å². The first-order valence-corrected chi connectivity index (χ1v) is 5.56. The normalized spacial score (nSPS) is 23.0. The second-order valence-electron chi connectivity index (χ2n) is 4.24. The summed E-state index contributed by atoms with van der Waals surface area (Å²) in [5.41, 5.74) is 6.85. The van der Waals surface area contributed by atoms with Gasteiger partial charge in [-0.15, -0.1) is 0 Å². The number of hydrogen-bond donors (Lipinski definition) is 2. The third-order valence-electron chi connectivity index (χ3n) is 3.11. The Morgan fingerprint density at radius 1 is 1.35 bits per heavy atom. The number of nitrogens with one attached hydrogen (secondary N) is 1. The van der Waals surface area contributed by atoms with Crippen LogP contribution in [0.5, 0.6) is 5.75 Å². The minimum Gasteiger partial charge on any atom is -0.494 e. The summed E-state index contributed by atoms with van der Waals surface area (Å²) in [6.45, 7) is 0. The quantitative estimate of drug-likeness (QED) is 0.790. The maximum atomic E-state index is 13.3. The van der Waals surface area contributed by atoms with Gasteiger partial charge in [-0.25, -0.2) is 4.39 Å². The monoisotopic (exact) mass is 240 g/mol. The van der Waals surface area contributed by atoms with Crippen LogP contribution in [0.15, 0.2) is 12.1 Å². The summed E-state index contributed by atoms with van der Waals surface area (Å²) >= 11 is 0. The van der Waals surface area contributed by atoms with E-state index in [9.17, 15) is 4.39 Å². The Balaban J connectivity index is 2.06. The summed E-state index contributed by atoms with van der Waals surface area (Å²) in [4.78, 5) is 0. The predicted octanol–water partition coefficient (Wildman–Crippen LogP) is 2.01. The highest BCUT2D eigenvalue weighted by Gasteiger charge is 2.29. The third kappa shape index (κ3) is 2.44. The molecule has 5 heteroatoms. The van der Waals surface area contributed by atoms with Gasteiger partial charge in [0.2, 0.25) is 0 Å². The van der Waals surface area contributed by atoms with E-state index in [0.717, 1.165) is 12.8 Å². The molecule has 17 heavy (non-hydrogen) atoms. The summed E-state index contributed by atoms with van der Waals surface area (Å²) < 4.78 is 23.4. The molecule has 1 fully saturated rings. The molecule has 0 bridgehead atoms. The van der Waals surface area contributed by atoms with Crippen LogP contribution in [0, 0.1) is 5.82 Å². The van der Waals surface area contributed by atoms with Gasteiger partial charge in [0.25, 0.3) is 0 Å². The van der Waals surface area contributed by atoms with Gasteiger partial charge in [-0.1, -0.05) is 0 Å². The number of benzene rings is 1. The second kappa shape index (κ2) is 4.79. The first kappa shape index (κ1) is 12.0. The zero-order valence-electron chi connectivity index (χ0n) is 10.00. The molecule has 0 aromatic heterocycles. The van der Waals surface area contributed by atoms with Gasteiger partial charge in [-0.05, 0) is 12.8 Å². The van der Waals surface area contributed by atoms with Crippen molar-refractivity contribution in [3.8, 4) is 5.75 Å². The molecule has 0 unspecified atom stereocenters. The number of halogens is 1. The molecule has 4 nitrogen and oxygen atoms in total. The average Bonchev–Trinajstić information content (AvgIpc) is 2.25. The molecule has 1 aromatic rings. The molecule has 3 N–H and O–H groups in total. The van der Waals surface area contributed by atoms with Crippen LogP contribution < -0.4 is 15.8 Å². The molecule has 0 amide bonds. The summed E-state index contributed by atoms with van der Waals surface area (Å²) in [6, 6.07) is 3.19. The molecule has 1 aliphatic carbocycles. The van der Waals surface area contributed by atoms with Gasteiger partial charge in [0.15, 0.2) is 11.6 Å². The van der Waals surface area contributed by atoms with Crippen LogP contribution in [0.3, 0.4) is 0 Å². The van der Waals surface area contributed by atoms with Crippen LogP contribution >= 0.6 is 0 Å². The van der Waals surface area contributed by atoms with Crippen LogP contribution in [0.2, 0.25) is 0 Å². The number of nitrogens with two attached hydrogens (primary N) is 1. The first-order valence-electron chi connectivity index (χ1n) is 5.56. The third-order valence-corrected chi connectivity index (χ3v) is 3.11. The van der Waals surface area contributed by atoms with E-state index >= 15 is 0 Å². The van der Waals surface area contributed by atoms with Crippen molar-refractivity contribution in [3.05, 3.63) is 17.9 Å². The maximum Gasteiger partial charge on any atom is 0.167 e. The van der Waals surface area contributed by atoms with Crippen molar-refractivity contribution in [2.75, 3.05) is 25.3 Å². The van der Waals surface area contributed by atoms with Crippen molar-refractivity contribution in [2.45, 2.75) is 25.0 Å². The summed E-state index contributed by atoms with van der Waals surface area (Å²) in [7, 11) is 3.14. The number of hydrogen-bond acceptors (Lipinski definition) is 4. The topological polar surface area (TPSA) is 56.5 Å². The molecule has 0 saturated heterocycles. The molecule has 1 saturated carbocycles. The van der Waals surface area contributed by atoms with E-state index in [1.807, 2.05) is 0 Å². The fraction of sp³-hybridized carbons (Fsp3) is 0.500. The van der Waals surface area contributed by atoms with Crippen LogP contribution in [-0.4, -0.2) is 26.4 Å². The van der Waals surface area contributed by atoms with E-state index < -0.39 is 5.82 Å². The van der Waals surface area contributed by atoms with Gasteiger partial charge in [0.1, 0.15) is 0 Å². The Bertz CT molecular complexity index is 406. The van der Waals surface area contributed by atoms with Crippen molar-refractivity contribution in [2.24, 2.45) is 0 Å². The smallest absolute Gasteiger partial charge is 0.167 e. The Labute approximate surface area is 99.9 Å². The van der Waals surface area contributed by atoms with Gasteiger partial charge in [-0.3, -0.25) is 0 Å². The molecule has 94 valence electrons. The molecule has 1 aromatic carbocycles. The van der Waals surface area contributed by atoms with Crippen LogP contribution in [-0.2, 0) is 4.74 Å². The standard InChI is InChI=1S/C12H17FN2O2/c1-16-8-3-7(4-8)15-11-6-12(17-2)9(13)5-10(11)14/h5-8,15H,3-4,14H2,1-2H3. The molecule has 0 aliphatic heterocycles. The Morgan fingerprint density at radius 3 is 2.65 bits per heavy atom. The van der Waals surface area contributed by atoms with Crippen molar-refractivity contribution in [3.63, 3.8) is 0 Å². The van der Waals surface area contributed by atoms with Gasteiger partial charge in [0.05, 0.1) is 24.6 Å². The SMILES string of the molecule is COc1cc(NC2CC(OC)C2)c(N)cc1F. The fourth-order valence-electron chi connectivity index (χ4n) is 1.95. The van der Waals surface area contributed by atoms with Crippen LogP contribution in [0.25, 0.3) is 0 Å². The number of ether oxygens (including phenoxy) is 2. The number of anilines is 2. The Hall–Kier alpha value is -1.49. The summed E-state index contributed by atoms with van der Waals surface area (Å²) in [5.74, 6) is -0.247. The minimum absolute atomic E-state index is 0.198. The highest BCUT2D eigenvalue weighted by molar-refractivity contribution is 5.69. The van der Waals surface area contributed by atoms with E-state index in [2.05, 4.69) is 5.32 Å². The molecule has 0 heterocycles.